The van der Waals surface area contributed by atoms with E-state index in [0.717, 1.165) is 28.0 Å². The average molecular weight is 533 g/mol. The number of carbonyl (C=O) groups excluding carboxylic acids is 2. The van der Waals surface area contributed by atoms with Crippen LogP contribution in [-0.2, 0) is 22.4 Å². The second-order valence-corrected chi connectivity index (χ2v) is 9.59. The number of nitrogens with zero attached hydrogens (tertiary/aromatic N) is 2. The minimum Gasteiger partial charge on any atom is -0.497 e. The standard InChI is InChI=1S/C31H36N2O6/c1-20-30(34)32(2)26(31(35)33(20)16-15-21-9-13-25(36-3)14-10-21)17-22-7-11-23(12-8-22)24-18-27(37-4)29(39-6)28(19-24)38-5/h7-14,18-20,26H,15-17H2,1-6H3/t20-,26-/m0/s1. The quantitative estimate of drug-likeness (QED) is 0.389. The molecule has 1 fully saturated rings. The van der Waals surface area contributed by atoms with Gasteiger partial charge in [-0.25, -0.2) is 0 Å². The summed E-state index contributed by atoms with van der Waals surface area (Å²) in [5.41, 5.74) is 3.93. The largest absolute Gasteiger partial charge is 0.497 e. The fourth-order valence-electron chi connectivity index (χ4n) is 5.00. The third kappa shape index (κ3) is 5.79. The van der Waals surface area contributed by atoms with Gasteiger partial charge in [0.1, 0.15) is 17.8 Å². The number of piperazine rings is 1. The number of hydrogen-bond acceptors (Lipinski definition) is 6. The molecule has 0 saturated carbocycles. The Hall–Kier alpha value is -4.20. The lowest BCUT2D eigenvalue weighted by Crippen LogP contribution is -2.63. The number of ether oxygens (including phenoxy) is 4. The van der Waals surface area contributed by atoms with Crippen LogP contribution in [-0.4, -0.2) is 75.7 Å². The normalized spacial score (nSPS) is 17.3. The van der Waals surface area contributed by atoms with Crippen LogP contribution in [0.3, 0.4) is 0 Å². The Morgan fingerprint density at radius 2 is 1.31 bits per heavy atom. The van der Waals surface area contributed by atoms with Crippen LogP contribution in [0, 0.1) is 0 Å². The van der Waals surface area contributed by atoms with Crippen molar-refractivity contribution < 1.29 is 28.5 Å². The first-order chi connectivity index (χ1) is 18.8. The Labute approximate surface area is 230 Å². The highest BCUT2D eigenvalue weighted by Gasteiger charge is 2.41. The molecule has 3 aromatic rings. The molecule has 1 aliphatic heterocycles. The van der Waals surface area contributed by atoms with E-state index >= 15 is 0 Å². The maximum absolute atomic E-state index is 13.6. The number of likely N-dealkylation sites (N-methyl/N-ethyl adjacent to an activating group) is 1. The molecule has 1 heterocycles. The van der Waals surface area contributed by atoms with Crippen LogP contribution < -0.4 is 18.9 Å². The first-order valence-electron chi connectivity index (χ1n) is 12.9. The maximum atomic E-state index is 13.6. The van der Waals surface area contributed by atoms with Gasteiger partial charge in [0.15, 0.2) is 11.5 Å². The molecule has 0 aliphatic carbocycles. The second-order valence-electron chi connectivity index (χ2n) is 9.59. The Bertz CT molecular complexity index is 1280. The first-order valence-corrected chi connectivity index (χ1v) is 12.9. The van der Waals surface area contributed by atoms with Gasteiger partial charge in [-0.15, -0.1) is 0 Å². The third-order valence-corrected chi connectivity index (χ3v) is 7.39. The van der Waals surface area contributed by atoms with Crippen LogP contribution in [0.25, 0.3) is 11.1 Å². The lowest BCUT2D eigenvalue weighted by Gasteiger charge is -2.42. The molecule has 0 bridgehead atoms. The summed E-state index contributed by atoms with van der Waals surface area (Å²) in [4.78, 5) is 29.9. The summed E-state index contributed by atoms with van der Waals surface area (Å²) >= 11 is 0. The van der Waals surface area contributed by atoms with Gasteiger partial charge in [-0.3, -0.25) is 9.59 Å². The van der Waals surface area contributed by atoms with Crippen molar-refractivity contribution in [2.45, 2.75) is 31.8 Å². The highest BCUT2D eigenvalue weighted by molar-refractivity contribution is 5.96. The van der Waals surface area contributed by atoms with Crippen LogP contribution >= 0.6 is 0 Å². The number of amides is 2. The monoisotopic (exact) mass is 532 g/mol. The predicted octanol–water partition coefficient (Wildman–Crippen LogP) is 4.23. The predicted molar refractivity (Wildman–Crippen MR) is 150 cm³/mol. The van der Waals surface area contributed by atoms with Crippen molar-refractivity contribution in [3.8, 4) is 34.1 Å². The highest BCUT2D eigenvalue weighted by Crippen LogP contribution is 2.41. The lowest BCUT2D eigenvalue weighted by molar-refractivity contribution is -0.159. The molecule has 0 spiro atoms. The second kappa shape index (κ2) is 12.1. The van der Waals surface area contributed by atoms with Gasteiger partial charge < -0.3 is 28.7 Å². The van der Waals surface area contributed by atoms with Gasteiger partial charge in [0.2, 0.25) is 17.6 Å². The van der Waals surface area contributed by atoms with E-state index < -0.39 is 12.1 Å². The van der Waals surface area contributed by atoms with E-state index in [1.165, 1.54) is 0 Å². The summed E-state index contributed by atoms with van der Waals surface area (Å²) in [5.74, 6) is 2.39. The number of methoxy groups -OCH3 is 4. The van der Waals surface area contributed by atoms with Gasteiger partial charge in [-0.2, -0.15) is 0 Å². The van der Waals surface area contributed by atoms with Gasteiger partial charge in [0.25, 0.3) is 0 Å². The van der Waals surface area contributed by atoms with Crippen LogP contribution in [0.5, 0.6) is 23.0 Å². The van der Waals surface area contributed by atoms with Gasteiger partial charge in [0.05, 0.1) is 28.4 Å². The molecule has 39 heavy (non-hydrogen) atoms. The van der Waals surface area contributed by atoms with Crippen molar-refractivity contribution in [1.82, 2.24) is 9.80 Å². The van der Waals surface area contributed by atoms with E-state index in [1.807, 2.05) is 60.7 Å². The molecular formula is C31H36N2O6. The van der Waals surface area contributed by atoms with Crippen molar-refractivity contribution in [3.63, 3.8) is 0 Å². The van der Waals surface area contributed by atoms with Crippen LogP contribution in [0.2, 0.25) is 0 Å². The van der Waals surface area contributed by atoms with Crippen molar-refractivity contribution in [2.75, 3.05) is 42.0 Å². The van der Waals surface area contributed by atoms with Crippen molar-refractivity contribution in [2.24, 2.45) is 0 Å². The number of rotatable bonds is 10. The molecule has 8 nitrogen and oxygen atoms in total. The molecule has 3 aromatic carbocycles. The van der Waals surface area contributed by atoms with E-state index in [-0.39, 0.29) is 11.8 Å². The summed E-state index contributed by atoms with van der Waals surface area (Å²) < 4.78 is 21.6. The Kier molecular flexibility index (Phi) is 8.64. The van der Waals surface area contributed by atoms with Crippen LogP contribution in [0.1, 0.15) is 18.1 Å². The van der Waals surface area contributed by atoms with E-state index in [9.17, 15) is 9.59 Å². The Morgan fingerprint density at radius 1 is 0.718 bits per heavy atom. The fraction of sp³-hybridized carbons (Fsp3) is 0.355. The van der Waals surface area contributed by atoms with Crippen molar-refractivity contribution in [1.29, 1.82) is 0 Å². The summed E-state index contributed by atoms with van der Waals surface area (Å²) in [6.45, 7) is 2.27. The first kappa shape index (κ1) is 27.8. The lowest BCUT2D eigenvalue weighted by atomic mass is 9.96. The van der Waals surface area contributed by atoms with Gasteiger partial charge in [-0.1, -0.05) is 36.4 Å². The third-order valence-electron chi connectivity index (χ3n) is 7.39. The zero-order valence-electron chi connectivity index (χ0n) is 23.4. The summed E-state index contributed by atoms with van der Waals surface area (Å²) in [6.07, 6.45) is 1.09. The number of hydrogen-bond donors (Lipinski definition) is 0. The van der Waals surface area contributed by atoms with Crippen molar-refractivity contribution in [3.05, 3.63) is 71.8 Å². The number of benzene rings is 3. The highest BCUT2D eigenvalue weighted by atomic mass is 16.5. The zero-order valence-corrected chi connectivity index (χ0v) is 23.4. The topological polar surface area (TPSA) is 77.5 Å². The molecule has 4 rings (SSSR count). The minimum atomic E-state index is -0.559. The van der Waals surface area contributed by atoms with Gasteiger partial charge >= 0.3 is 0 Å². The van der Waals surface area contributed by atoms with E-state index in [2.05, 4.69) is 0 Å². The van der Waals surface area contributed by atoms with E-state index in [4.69, 9.17) is 18.9 Å². The van der Waals surface area contributed by atoms with Gasteiger partial charge in [0, 0.05) is 20.0 Å². The maximum Gasteiger partial charge on any atom is 0.246 e. The molecule has 0 unspecified atom stereocenters. The van der Waals surface area contributed by atoms with Crippen LogP contribution in [0.15, 0.2) is 60.7 Å². The Morgan fingerprint density at radius 3 is 1.85 bits per heavy atom. The molecule has 2 atom stereocenters. The van der Waals surface area contributed by atoms with Crippen molar-refractivity contribution >= 4 is 11.8 Å². The smallest absolute Gasteiger partial charge is 0.246 e. The molecule has 1 aliphatic rings. The minimum absolute atomic E-state index is 0.0354. The van der Waals surface area contributed by atoms with Gasteiger partial charge in [-0.05, 0) is 59.9 Å². The zero-order chi connectivity index (χ0) is 28.1. The average Bonchev–Trinajstić information content (AvgIpc) is 2.98. The molecule has 0 radical (unpaired) electrons. The molecule has 206 valence electrons. The summed E-state index contributed by atoms with van der Waals surface area (Å²) in [5, 5.41) is 0. The molecule has 0 N–H and O–H groups in total. The Balaban J connectivity index is 1.50. The van der Waals surface area contributed by atoms with E-state index in [1.54, 1.807) is 52.2 Å². The molecule has 1 saturated heterocycles. The van der Waals surface area contributed by atoms with Crippen LogP contribution in [0.4, 0.5) is 0 Å². The molecular weight excluding hydrogens is 496 g/mol. The summed E-state index contributed by atoms with van der Waals surface area (Å²) in [7, 11) is 8.09. The molecule has 8 heteroatoms. The fourth-order valence-corrected chi connectivity index (χ4v) is 5.00. The molecule has 0 aromatic heterocycles. The summed E-state index contributed by atoms with van der Waals surface area (Å²) in [6, 6.07) is 18.5. The van der Waals surface area contributed by atoms with E-state index in [0.29, 0.717) is 36.6 Å². The SMILES string of the molecule is COc1ccc(CCN2C(=O)[C@H](Cc3ccc(-c4cc(OC)c(OC)c(OC)c4)cc3)N(C)C(=O)[C@@H]2C)cc1. The molecule has 2 amide bonds. The number of carbonyl (C=O) groups is 2.